The lowest BCUT2D eigenvalue weighted by molar-refractivity contribution is -0.127. The summed E-state index contributed by atoms with van der Waals surface area (Å²) in [5.74, 6) is 1.84. The second kappa shape index (κ2) is 6.88. The molecule has 1 fully saturated rings. The van der Waals surface area contributed by atoms with Crippen molar-refractivity contribution >= 4 is 50.6 Å². The number of hydrogen-bond donors (Lipinski definition) is 0. The molecule has 4 aromatic heterocycles. The van der Waals surface area contributed by atoms with Crippen molar-refractivity contribution in [2.75, 3.05) is 18.8 Å². The zero-order chi connectivity index (χ0) is 21.3. The highest BCUT2D eigenvalue weighted by molar-refractivity contribution is 7.99. The van der Waals surface area contributed by atoms with E-state index < -0.39 is 0 Å². The Bertz CT molecular complexity index is 1350. The fraction of sp³-hybridized carbons (Fsp3) is 0.550. The molecule has 11 heteroatoms. The van der Waals surface area contributed by atoms with E-state index in [1.165, 1.54) is 22.2 Å². The van der Waals surface area contributed by atoms with E-state index in [1.807, 2.05) is 16.2 Å². The molecule has 0 spiro atoms. The van der Waals surface area contributed by atoms with Gasteiger partial charge in [0.1, 0.15) is 10.7 Å². The van der Waals surface area contributed by atoms with Gasteiger partial charge in [-0.3, -0.25) is 4.79 Å². The molecule has 4 aromatic rings. The molecular formula is C20H23N7O2S2. The van der Waals surface area contributed by atoms with Crippen molar-refractivity contribution in [1.29, 1.82) is 0 Å². The average molecular weight is 458 g/mol. The van der Waals surface area contributed by atoms with Gasteiger partial charge in [0.05, 0.1) is 23.3 Å². The zero-order valence-electron chi connectivity index (χ0n) is 17.7. The van der Waals surface area contributed by atoms with E-state index in [9.17, 15) is 4.79 Å². The van der Waals surface area contributed by atoms with E-state index >= 15 is 0 Å². The molecule has 6 heterocycles. The summed E-state index contributed by atoms with van der Waals surface area (Å²) in [6, 6.07) is 0. The SMILES string of the molecule is Cc1nc2c3c4c(sc3n3c(SCC(=O)N5CCCC5)nnc3n2n1)COC(C)(C)C4. The lowest BCUT2D eigenvalue weighted by atomic mass is 9.94. The third-order valence-electron chi connectivity index (χ3n) is 6.00. The van der Waals surface area contributed by atoms with Crippen molar-refractivity contribution in [3.8, 4) is 0 Å². The number of likely N-dealkylation sites (tertiary alicyclic amines) is 1. The summed E-state index contributed by atoms with van der Waals surface area (Å²) >= 11 is 3.14. The number of carbonyl (C=O) groups excluding carboxylic acids is 1. The number of thiophene rings is 1. The maximum atomic E-state index is 12.6. The molecular weight excluding hydrogens is 434 g/mol. The molecule has 0 aliphatic carbocycles. The molecule has 0 bridgehead atoms. The lowest BCUT2D eigenvalue weighted by Crippen LogP contribution is -2.31. The number of fused-ring (bicyclic) bond motifs is 8. The lowest BCUT2D eigenvalue weighted by Gasteiger charge is -2.30. The van der Waals surface area contributed by atoms with Crippen LogP contribution in [0, 0.1) is 6.92 Å². The third kappa shape index (κ3) is 3.05. The average Bonchev–Trinajstić information content (AvgIpc) is 3.49. The number of carbonyl (C=O) groups is 1. The highest BCUT2D eigenvalue weighted by atomic mass is 32.2. The standard InChI is InChI=1S/C20H23N7O2S2/c1-11-21-16-15-12-8-20(2,3)29-9-13(12)31-17(15)26-18(27(16)24-11)22-23-19(26)30-10-14(28)25-6-4-5-7-25/h4-10H2,1-3H3. The number of hydrogen-bond acceptors (Lipinski definition) is 8. The molecule has 1 amide bonds. The van der Waals surface area contributed by atoms with Crippen molar-refractivity contribution in [2.45, 2.75) is 57.4 Å². The Morgan fingerprint density at radius 3 is 2.87 bits per heavy atom. The number of aryl methyl sites for hydroxylation is 1. The number of ether oxygens (including phenoxy) is 1. The molecule has 2 aliphatic rings. The highest BCUT2D eigenvalue weighted by Gasteiger charge is 2.32. The first kappa shape index (κ1) is 19.4. The largest absolute Gasteiger partial charge is 0.370 e. The molecule has 2 aliphatic heterocycles. The Morgan fingerprint density at radius 1 is 1.26 bits per heavy atom. The highest BCUT2D eigenvalue weighted by Crippen LogP contribution is 2.41. The van der Waals surface area contributed by atoms with Crippen LogP contribution in [-0.4, -0.2) is 64.4 Å². The van der Waals surface area contributed by atoms with Gasteiger partial charge in [-0.15, -0.1) is 26.6 Å². The zero-order valence-corrected chi connectivity index (χ0v) is 19.3. The van der Waals surface area contributed by atoms with E-state index in [4.69, 9.17) is 9.72 Å². The van der Waals surface area contributed by atoms with E-state index in [0.717, 1.165) is 48.2 Å². The van der Waals surface area contributed by atoms with Gasteiger partial charge in [-0.05, 0) is 39.2 Å². The molecule has 0 N–H and O–H groups in total. The Kier molecular flexibility index (Phi) is 4.31. The fourth-order valence-electron chi connectivity index (χ4n) is 4.50. The van der Waals surface area contributed by atoms with Gasteiger partial charge in [0.2, 0.25) is 5.91 Å². The number of amides is 1. The van der Waals surface area contributed by atoms with E-state index in [-0.39, 0.29) is 11.5 Å². The van der Waals surface area contributed by atoms with Gasteiger partial charge in [0.25, 0.3) is 5.78 Å². The topological polar surface area (TPSA) is 89.9 Å². The summed E-state index contributed by atoms with van der Waals surface area (Å²) in [6.07, 6.45) is 2.99. The van der Waals surface area contributed by atoms with E-state index in [2.05, 4.69) is 29.1 Å². The molecule has 0 radical (unpaired) electrons. The summed E-state index contributed by atoms with van der Waals surface area (Å²) in [5.41, 5.74) is 1.86. The van der Waals surface area contributed by atoms with Gasteiger partial charge in [-0.2, -0.15) is 4.52 Å². The first-order valence-electron chi connectivity index (χ1n) is 10.5. The van der Waals surface area contributed by atoms with E-state index in [0.29, 0.717) is 29.1 Å². The fourth-order valence-corrected chi connectivity index (χ4v) is 6.62. The number of thioether (sulfide) groups is 1. The van der Waals surface area contributed by atoms with Crippen molar-refractivity contribution in [1.82, 2.24) is 34.1 Å². The molecule has 0 saturated carbocycles. The molecule has 1 saturated heterocycles. The van der Waals surface area contributed by atoms with Gasteiger partial charge in [-0.1, -0.05) is 11.8 Å². The Morgan fingerprint density at radius 2 is 2.06 bits per heavy atom. The molecule has 6 rings (SSSR count). The predicted octanol–water partition coefficient (Wildman–Crippen LogP) is 2.86. The summed E-state index contributed by atoms with van der Waals surface area (Å²) in [5, 5.41) is 15.3. The van der Waals surface area contributed by atoms with Crippen LogP contribution in [0.4, 0.5) is 0 Å². The number of nitrogens with zero attached hydrogens (tertiary/aromatic N) is 7. The van der Waals surface area contributed by atoms with Gasteiger partial charge < -0.3 is 9.64 Å². The minimum absolute atomic E-state index is 0.161. The van der Waals surface area contributed by atoms with Crippen LogP contribution in [-0.2, 0) is 22.6 Å². The summed E-state index contributed by atoms with van der Waals surface area (Å²) < 4.78 is 9.89. The van der Waals surface area contributed by atoms with Crippen LogP contribution < -0.4 is 0 Å². The molecule has 9 nitrogen and oxygen atoms in total. The molecule has 0 aromatic carbocycles. The maximum absolute atomic E-state index is 12.6. The Balaban J connectivity index is 1.52. The molecule has 31 heavy (non-hydrogen) atoms. The van der Waals surface area contributed by atoms with Crippen molar-refractivity contribution in [3.05, 3.63) is 16.3 Å². The van der Waals surface area contributed by atoms with Gasteiger partial charge in [-0.25, -0.2) is 9.38 Å². The summed E-state index contributed by atoms with van der Waals surface area (Å²) in [6.45, 7) is 8.43. The minimum Gasteiger partial charge on any atom is -0.370 e. The summed E-state index contributed by atoms with van der Waals surface area (Å²) in [4.78, 5) is 21.5. The summed E-state index contributed by atoms with van der Waals surface area (Å²) in [7, 11) is 0. The second-order valence-electron chi connectivity index (χ2n) is 8.80. The Labute approximate surface area is 186 Å². The smallest absolute Gasteiger partial charge is 0.260 e. The van der Waals surface area contributed by atoms with Crippen LogP contribution in [0.25, 0.3) is 21.6 Å². The Hall–Kier alpha value is -2.24. The van der Waals surface area contributed by atoms with Crippen molar-refractivity contribution in [2.24, 2.45) is 0 Å². The van der Waals surface area contributed by atoms with Crippen LogP contribution in [0.1, 0.15) is 43.0 Å². The van der Waals surface area contributed by atoms with Gasteiger partial charge in [0, 0.05) is 24.4 Å². The number of aromatic nitrogens is 6. The first-order chi connectivity index (χ1) is 14.9. The van der Waals surface area contributed by atoms with Crippen LogP contribution in [0.3, 0.4) is 0 Å². The monoisotopic (exact) mass is 457 g/mol. The minimum atomic E-state index is -0.227. The molecule has 0 unspecified atom stereocenters. The van der Waals surface area contributed by atoms with Crippen LogP contribution in [0.15, 0.2) is 5.16 Å². The van der Waals surface area contributed by atoms with Crippen molar-refractivity contribution < 1.29 is 9.53 Å². The molecule has 162 valence electrons. The number of rotatable bonds is 3. The van der Waals surface area contributed by atoms with Crippen molar-refractivity contribution in [3.63, 3.8) is 0 Å². The van der Waals surface area contributed by atoms with Crippen LogP contribution >= 0.6 is 23.1 Å². The molecule has 0 atom stereocenters. The van der Waals surface area contributed by atoms with Gasteiger partial charge in [0.15, 0.2) is 10.8 Å². The second-order valence-corrected chi connectivity index (χ2v) is 10.8. The normalized spacial score (nSPS) is 18.5. The first-order valence-corrected chi connectivity index (χ1v) is 12.3. The van der Waals surface area contributed by atoms with Crippen LogP contribution in [0.5, 0.6) is 0 Å². The third-order valence-corrected chi connectivity index (χ3v) is 8.10. The predicted molar refractivity (Wildman–Crippen MR) is 119 cm³/mol. The quantitative estimate of drug-likeness (QED) is 0.437. The maximum Gasteiger partial charge on any atom is 0.260 e. The van der Waals surface area contributed by atoms with Gasteiger partial charge >= 0.3 is 0 Å². The van der Waals surface area contributed by atoms with Crippen LogP contribution in [0.2, 0.25) is 0 Å². The van der Waals surface area contributed by atoms with E-state index in [1.54, 1.807) is 15.9 Å².